The standard InChI is InChI=1S/C16H12BrF3O/c1-8-6-10-7-9(2-5-13(10)21-8)14(17)11-3-4-12(18)16(20)15(11)19/h2-5,7-8,14H,6H2,1H3. The predicted octanol–water partition coefficient (Wildman–Crippen LogP) is 4.91. The average Bonchev–Trinajstić information content (AvgIpc) is 2.83. The molecular formula is C16H12BrF3O. The van der Waals surface area contributed by atoms with Gasteiger partial charge in [0, 0.05) is 12.0 Å². The van der Waals surface area contributed by atoms with E-state index < -0.39 is 22.3 Å². The van der Waals surface area contributed by atoms with Gasteiger partial charge in [-0.25, -0.2) is 13.2 Å². The fraction of sp³-hybridized carbons (Fsp3) is 0.250. The Morgan fingerprint density at radius 1 is 1.14 bits per heavy atom. The number of hydrogen-bond donors (Lipinski definition) is 0. The van der Waals surface area contributed by atoms with E-state index in [0.717, 1.165) is 29.4 Å². The third-order valence-corrected chi connectivity index (χ3v) is 4.57. The minimum absolute atomic E-state index is 0.0702. The molecule has 3 rings (SSSR count). The van der Waals surface area contributed by atoms with Crippen molar-refractivity contribution in [3.05, 3.63) is 64.5 Å². The number of alkyl halides is 1. The number of benzene rings is 2. The maximum Gasteiger partial charge on any atom is 0.194 e. The third-order valence-electron chi connectivity index (χ3n) is 3.55. The van der Waals surface area contributed by atoms with Gasteiger partial charge in [0.1, 0.15) is 11.9 Å². The summed E-state index contributed by atoms with van der Waals surface area (Å²) in [5, 5.41) is 0. The molecule has 2 atom stereocenters. The molecule has 0 aromatic heterocycles. The van der Waals surface area contributed by atoms with E-state index in [4.69, 9.17) is 4.74 Å². The first-order valence-electron chi connectivity index (χ1n) is 6.54. The second-order valence-corrected chi connectivity index (χ2v) is 6.04. The monoisotopic (exact) mass is 356 g/mol. The summed E-state index contributed by atoms with van der Waals surface area (Å²) in [7, 11) is 0. The molecule has 1 nitrogen and oxygen atoms in total. The van der Waals surface area contributed by atoms with Crippen molar-refractivity contribution in [1.82, 2.24) is 0 Å². The first-order valence-corrected chi connectivity index (χ1v) is 7.46. The maximum atomic E-state index is 13.9. The van der Waals surface area contributed by atoms with Crippen molar-refractivity contribution in [1.29, 1.82) is 0 Å². The Morgan fingerprint density at radius 3 is 2.67 bits per heavy atom. The highest BCUT2D eigenvalue weighted by atomic mass is 79.9. The molecule has 0 saturated heterocycles. The van der Waals surface area contributed by atoms with Crippen molar-refractivity contribution in [2.24, 2.45) is 0 Å². The fourth-order valence-electron chi connectivity index (χ4n) is 2.52. The van der Waals surface area contributed by atoms with E-state index in [-0.39, 0.29) is 11.7 Å². The van der Waals surface area contributed by atoms with Gasteiger partial charge >= 0.3 is 0 Å². The van der Waals surface area contributed by atoms with Gasteiger partial charge < -0.3 is 4.74 Å². The van der Waals surface area contributed by atoms with Crippen LogP contribution in [0.15, 0.2) is 30.3 Å². The van der Waals surface area contributed by atoms with Crippen LogP contribution in [0.1, 0.15) is 28.4 Å². The van der Waals surface area contributed by atoms with Gasteiger partial charge in [0.25, 0.3) is 0 Å². The molecule has 5 heteroatoms. The molecule has 2 unspecified atom stereocenters. The molecule has 110 valence electrons. The van der Waals surface area contributed by atoms with Crippen molar-refractivity contribution in [3.63, 3.8) is 0 Å². The number of fused-ring (bicyclic) bond motifs is 1. The van der Waals surface area contributed by atoms with E-state index in [1.165, 1.54) is 6.07 Å². The van der Waals surface area contributed by atoms with E-state index in [1.54, 1.807) is 6.07 Å². The summed E-state index contributed by atoms with van der Waals surface area (Å²) in [6, 6.07) is 7.69. The maximum absolute atomic E-state index is 13.9. The molecule has 1 aliphatic heterocycles. The van der Waals surface area contributed by atoms with E-state index in [1.807, 2.05) is 19.1 Å². The Hall–Kier alpha value is -1.49. The zero-order valence-electron chi connectivity index (χ0n) is 11.2. The first-order chi connectivity index (χ1) is 9.97. The Labute approximate surface area is 128 Å². The SMILES string of the molecule is CC1Cc2cc(C(Br)c3ccc(F)c(F)c3F)ccc2O1. The quantitative estimate of drug-likeness (QED) is 0.548. The van der Waals surface area contributed by atoms with E-state index in [2.05, 4.69) is 15.9 Å². The zero-order valence-corrected chi connectivity index (χ0v) is 12.8. The summed E-state index contributed by atoms with van der Waals surface area (Å²) in [5.41, 5.74) is 1.88. The zero-order chi connectivity index (χ0) is 15.1. The number of hydrogen-bond acceptors (Lipinski definition) is 1. The molecule has 0 saturated carbocycles. The molecule has 0 fully saturated rings. The van der Waals surface area contributed by atoms with Crippen LogP contribution in [0.25, 0.3) is 0 Å². The van der Waals surface area contributed by atoms with Gasteiger partial charge in [-0.1, -0.05) is 34.1 Å². The van der Waals surface area contributed by atoms with Crippen LogP contribution in [0.5, 0.6) is 5.75 Å². The smallest absolute Gasteiger partial charge is 0.194 e. The minimum Gasteiger partial charge on any atom is -0.490 e. The van der Waals surface area contributed by atoms with E-state index >= 15 is 0 Å². The Bertz CT molecular complexity index is 702. The van der Waals surface area contributed by atoms with Crippen LogP contribution >= 0.6 is 15.9 Å². The van der Waals surface area contributed by atoms with Gasteiger partial charge in [0.2, 0.25) is 0 Å². The normalized spacial score (nSPS) is 18.2. The summed E-state index contributed by atoms with van der Waals surface area (Å²) in [5.74, 6) is -2.99. The Balaban J connectivity index is 1.98. The molecule has 21 heavy (non-hydrogen) atoms. The lowest BCUT2D eigenvalue weighted by Crippen LogP contribution is -2.05. The van der Waals surface area contributed by atoms with Crippen LogP contribution in [0.3, 0.4) is 0 Å². The summed E-state index contributed by atoms with van der Waals surface area (Å²) in [6.45, 7) is 1.97. The summed E-state index contributed by atoms with van der Waals surface area (Å²) in [6.07, 6.45) is 0.896. The number of rotatable bonds is 2. The largest absolute Gasteiger partial charge is 0.490 e. The van der Waals surface area contributed by atoms with Gasteiger partial charge in [-0.3, -0.25) is 0 Å². The first kappa shape index (κ1) is 14.4. The van der Waals surface area contributed by atoms with Crippen LogP contribution in [0.2, 0.25) is 0 Å². The molecule has 1 heterocycles. The van der Waals surface area contributed by atoms with Crippen LogP contribution < -0.4 is 4.74 Å². The lowest BCUT2D eigenvalue weighted by Gasteiger charge is -2.13. The summed E-state index contributed by atoms with van der Waals surface area (Å²) >= 11 is 3.36. The second-order valence-electron chi connectivity index (χ2n) is 5.13. The van der Waals surface area contributed by atoms with Crippen molar-refractivity contribution >= 4 is 15.9 Å². The van der Waals surface area contributed by atoms with Crippen LogP contribution in [0.4, 0.5) is 13.2 Å². The molecule has 1 aliphatic rings. The lowest BCUT2D eigenvalue weighted by atomic mass is 10.0. The molecule has 0 bridgehead atoms. The minimum atomic E-state index is -1.45. The van der Waals surface area contributed by atoms with Gasteiger partial charge in [-0.2, -0.15) is 0 Å². The van der Waals surface area contributed by atoms with Gasteiger partial charge in [0.15, 0.2) is 17.5 Å². The van der Waals surface area contributed by atoms with Gasteiger partial charge in [-0.15, -0.1) is 0 Å². The number of ether oxygens (including phenoxy) is 1. The van der Waals surface area contributed by atoms with Crippen LogP contribution in [-0.4, -0.2) is 6.10 Å². The molecule has 2 aromatic carbocycles. The van der Waals surface area contributed by atoms with Crippen LogP contribution in [-0.2, 0) is 6.42 Å². The highest BCUT2D eigenvalue weighted by molar-refractivity contribution is 9.09. The molecule has 0 N–H and O–H groups in total. The fourth-order valence-corrected chi connectivity index (χ4v) is 3.15. The second kappa shape index (κ2) is 5.37. The average molecular weight is 357 g/mol. The van der Waals surface area contributed by atoms with Crippen molar-refractivity contribution in [3.8, 4) is 5.75 Å². The van der Waals surface area contributed by atoms with E-state index in [9.17, 15) is 13.2 Å². The third kappa shape index (κ3) is 2.55. The topological polar surface area (TPSA) is 9.23 Å². The summed E-state index contributed by atoms with van der Waals surface area (Å²) < 4.78 is 45.8. The van der Waals surface area contributed by atoms with Crippen molar-refractivity contribution < 1.29 is 17.9 Å². The van der Waals surface area contributed by atoms with E-state index in [0.29, 0.717) is 0 Å². The highest BCUT2D eigenvalue weighted by Gasteiger charge is 2.23. The molecular weight excluding hydrogens is 345 g/mol. The predicted molar refractivity (Wildman–Crippen MR) is 77.3 cm³/mol. The van der Waals surface area contributed by atoms with Crippen molar-refractivity contribution in [2.75, 3.05) is 0 Å². The molecule has 0 radical (unpaired) electrons. The van der Waals surface area contributed by atoms with Crippen molar-refractivity contribution in [2.45, 2.75) is 24.3 Å². The molecule has 2 aromatic rings. The molecule has 0 amide bonds. The highest BCUT2D eigenvalue weighted by Crippen LogP contribution is 2.37. The molecule has 0 aliphatic carbocycles. The Kier molecular flexibility index (Phi) is 3.69. The Morgan fingerprint density at radius 2 is 1.90 bits per heavy atom. The number of halogens is 4. The lowest BCUT2D eigenvalue weighted by molar-refractivity contribution is 0.254. The summed E-state index contributed by atoms with van der Waals surface area (Å²) in [4.78, 5) is -0.547. The van der Waals surface area contributed by atoms with Gasteiger partial charge in [-0.05, 0) is 30.2 Å². The van der Waals surface area contributed by atoms with Gasteiger partial charge in [0.05, 0.1) is 4.83 Å². The van der Waals surface area contributed by atoms with Crippen LogP contribution in [0, 0.1) is 17.5 Å². The molecule has 0 spiro atoms.